The standard InChI is InChI=1S/C10H18N4/c1-4-8(3)14(5-2)9-6-7-12-10(11)13-9/h6-8H,4-5H2,1-3H3,(H2,11,12,13). The quantitative estimate of drug-likeness (QED) is 0.792. The summed E-state index contributed by atoms with van der Waals surface area (Å²) in [5.74, 6) is 1.25. The lowest BCUT2D eigenvalue weighted by molar-refractivity contribution is 0.623. The number of anilines is 2. The van der Waals surface area contributed by atoms with Crippen molar-refractivity contribution in [2.45, 2.75) is 33.2 Å². The molecule has 14 heavy (non-hydrogen) atoms. The molecule has 0 aliphatic rings. The van der Waals surface area contributed by atoms with E-state index in [1.807, 2.05) is 6.07 Å². The number of rotatable bonds is 4. The smallest absolute Gasteiger partial charge is 0.221 e. The van der Waals surface area contributed by atoms with Crippen LogP contribution in [0.5, 0.6) is 0 Å². The van der Waals surface area contributed by atoms with Gasteiger partial charge in [0.15, 0.2) is 0 Å². The SMILES string of the molecule is CCC(C)N(CC)c1ccnc(N)n1. The molecular weight excluding hydrogens is 176 g/mol. The second-order valence-corrected chi connectivity index (χ2v) is 3.32. The van der Waals surface area contributed by atoms with Gasteiger partial charge in [0.2, 0.25) is 5.95 Å². The van der Waals surface area contributed by atoms with E-state index in [0.717, 1.165) is 18.8 Å². The van der Waals surface area contributed by atoms with E-state index >= 15 is 0 Å². The highest BCUT2D eigenvalue weighted by Gasteiger charge is 2.11. The molecule has 0 spiro atoms. The van der Waals surface area contributed by atoms with Crippen LogP contribution in [0, 0.1) is 0 Å². The maximum Gasteiger partial charge on any atom is 0.221 e. The van der Waals surface area contributed by atoms with E-state index in [-0.39, 0.29) is 0 Å². The molecule has 0 amide bonds. The average molecular weight is 194 g/mol. The molecule has 4 heteroatoms. The Kier molecular flexibility index (Phi) is 3.68. The van der Waals surface area contributed by atoms with Crippen LogP contribution in [0.1, 0.15) is 27.2 Å². The molecule has 1 aromatic heterocycles. The first-order valence-electron chi connectivity index (χ1n) is 5.04. The van der Waals surface area contributed by atoms with Gasteiger partial charge in [-0.05, 0) is 26.3 Å². The van der Waals surface area contributed by atoms with Gasteiger partial charge in [0.25, 0.3) is 0 Å². The second-order valence-electron chi connectivity index (χ2n) is 3.32. The molecule has 0 aliphatic carbocycles. The zero-order valence-electron chi connectivity index (χ0n) is 9.07. The lowest BCUT2D eigenvalue weighted by Gasteiger charge is -2.28. The van der Waals surface area contributed by atoms with Crippen LogP contribution in [0.3, 0.4) is 0 Å². The molecule has 78 valence electrons. The van der Waals surface area contributed by atoms with Gasteiger partial charge in [0, 0.05) is 18.8 Å². The zero-order valence-corrected chi connectivity index (χ0v) is 9.07. The average Bonchev–Trinajstić information content (AvgIpc) is 2.19. The van der Waals surface area contributed by atoms with Crippen molar-refractivity contribution in [1.82, 2.24) is 9.97 Å². The maximum atomic E-state index is 5.54. The highest BCUT2D eigenvalue weighted by molar-refractivity contribution is 5.41. The minimum Gasteiger partial charge on any atom is -0.368 e. The summed E-state index contributed by atoms with van der Waals surface area (Å²) in [6.07, 6.45) is 2.79. The van der Waals surface area contributed by atoms with Gasteiger partial charge in [-0.1, -0.05) is 6.92 Å². The number of nitrogens with zero attached hydrogens (tertiary/aromatic N) is 3. The Morgan fingerprint density at radius 3 is 2.71 bits per heavy atom. The zero-order chi connectivity index (χ0) is 10.6. The van der Waals surface area contributed by atoms with Crippen LogP contribution >= 0.6 is 0 Å². The van der Waals surface area contributed by atoms with Crippen molar-refractivity contribution in [2.24, 2.45) is 0 Å². The van der Waals surface area contributed by atoms with E-state index in [0.29, 0.717) is 12.0 Å². The van der Waals surface area contributed by atoms with Crippen LogP contribution in [-0.2, 0) is 0 Å². The Morgan fingerprint density at radius 1 is 1.50 bits per heavy atom. The first-order valence-corrected chi connectivity index (χ1v) is 5.04. The second kappa shape index (κ2) is 4.79. The van der Waals surface area contributed by atoms with Crippen molar-refractivity contribution in [3.8, 4) is 0 Å². The maximum absolute atomic E-state index is 5.54. The predicted octanol–water partition coefficient (Wildman–Crippen LogP) is 1.68. The van der Waals surface area contributed by atoms with Crippen LogP contribution in [0.15, 0.2) is 12.3 Å². The molecule has 1 rings (SSSR count). The Balaban J connectivity index is 2.89. The summed E-state index contributed by atoms with van der Waals surface area (Å²) in [6, 6.07) is 2.38. The summed E-state index contributed by atoms with van der Waals surface area (Å²) in [6.45, 7) is 7.40. The largest absolute Gasteiger partial charge is 0.368 e. The topological polar surface area (TPSA) is 55.0 Å². The van der Waals surface area contributed by atoms with Gasteiger partial charge >= 0.3 is 0 Å². The summed E-state index contributed by atoms with van der Waals surface area (Å²) in [7, 11) is 0. The van der Waals surface area contributed by atoms with Gasteiger partial charge in [-0.15, -0.1) is 0 Å². The van der Waals surface area contributed by atoms with E-state index in [2.05, 4.69) is 35.6 Å². The fourth-order valence-electron chi connectivity index (χ4n) is 1.44. The molecule has 0 aliphatic heterocycles. The Hall–Kier alpha value is -1.32. The van der Waals surface area contributed by atoms with Crippen molar-refractivity contribution in [2.75, 3.05) is 17.2 Å². The first kappa shape index (κ1) is 10.8. The van der Waals surface area contributed by atoms with Crippen LogP contribution in [0.4, 0.5) is 11.8 Å². The number of aromatic nitrogens is 2. The molecule has 0 saturated heterocycles. The number of nitrogens with two attached hydrogens (primary N) is 1. The molecule has 1 atom stereocenters. The molecule has 0 fully saturated rings. The van der Waals surface area contributed by atoms with E-state index in [9.17, 15) is 0 Å². The minimum absolute atomic E-state index is 0.337. The summed E-state index contributed by atoms with van der Waals surface area (Å²) < 4.78 is 0. The molecule has 0 saturated carbocycles. The molecular formula is C10H18N4. The number of hydrogen-bond acceptors (Lipinski definition) is 4. The van der Waals surface area contributed by atoms with Gasteiger partial charge in [0.1, 0.15) is 5.82 Å². The molecule has 0 aromatic carbocycles. The summed E-state index contributed by atoms with van der Waals surface area (Å²) in [4.78, 5) is 10.3. The molecule has 0 bridgehead atoms. The van der Waals surface area contributed by atoms with E-state index in [4.69, 9.17) is 5.73 Å². The van der Waals surface area contributed by atoms with Gasteiger partial charge in [0.05, 0.1) is 0 Å². The lowest BCUT2D eigenvalue weighted by Crippen LogP contribution is -2.33. The fourth-order valence-corrected chi connectivity index (χ4v) is 1.44. The normalized spacial score (nSPS) is 12.5. The fraction of sp³-hybridized carbons (Fsp3) is 0.600. The lowest BCUT2D eigenvalue weighted by atomic mass is 10.2. The third-order valence-corrected chi connectivity index (χ3v) is 2.42. The Morgan fingerprint density at radius 2 is 2.21 bits per heavy atom. The van der Waals surface area contributed by atoms with Crippen LogP contribution < -0.4 is 10.6 Å². The third kappa shape index (κ3) is 2.34. The van der Waals surface area contributed by atoms with Gasteiger partial charge in [-0.3, -0.25) is 0 Å². The number of hydrogen-bond donors (Lipinski definition) is 1. The highest BCUT2D eigenvalue weighted by atomic mass is 15.2. The summed E-state index contributed by atoms with van der Waals surface area (Å²) >= 11 is 0. The van der Waals surface area contributed by atoms with Crippen molar-refractivity contribution < 1.29 is 0 Å². The summed E-state index contributed by atoms with van der Waals surface area (Å²) in [5, 5.41) is 0. The van der Waals surface area contributed by atoms with Crippen LogP contribution in [0.25, 0.3) is 0 Å². The predicted molar refractivity (Wildman–Crippen MR) is 59.2 cm³/mol. The number of nitrogen functional groups attached to an aromatic ring is 1. The molecule has 1 heterocycles. The minimum atomic E-state index is 0.337. The van der Waals surface area contributed by atoms with E-state index in [1.165, 1.54) is 0 Å². The monoisotopic (exact) mass is 194 g/mol. The highest BCUT2D eigenvalue weighted by Crippen LogP contribution is 2.15. The van der Waals surface area contributed by atoms with E-state index < -0.39 is 0 Å². The molecule has 0 radical (unpaired) electrons. The molecule has 2 N–H and O–H groups in total. The molecule has 1 unspecified atom stereocenters. The van der Waals surface area contributed by atoms with Gasteiger partial charge in [-0.25, -0.2) is 4.98 Å². The van der Waals surface area contributed by atoms with Crippen molar-refractivity contribution >= 4 is 11.8 Å². The Labute approximate surface area is 85.2 Å². The molecule has 4 nitrogen and oxygen atoms in total. The Bertz CT molecular complexity index is 287. The van der Waals surface area contributed by atoms with Crippen molar-refractivity contribution in [3.63, 3.8) is 0 Å². The van der Waals surface area contributed by atoms with Gasteiger partial charge < -0.3 is 10.6 Å². The first-order chi connectivity index (χ1) is 6.69. The van der Waals surface area contributed by atoms with Crippen molar-refractivity contribution in [3.05, 3.63) is 12.3 Å². The third-order valence-electron chi connectivity index (χ3n) is 2.42. The van der Waals surface area contributed by atoms with Crippen LogP contribution in [0.2, 0.25) is 0 Å². The molecule has 1 aromatic rings. The van der Waals surface area contributed by atoms with Crippen molar-refractivity contribution in [1.29, 1.82) is 0 Å². The van der Waals surface area contributed by atoms with Gasteiger partial charge in [-0.2, -0.15) is 4.98 Å². The van der Waals surface area contributed by atoms with E-state index in [1.54, 1.807) is 6.20 Å². The van der Waals surface area contributed by atoms with Crippen LogP contribution in [-0.4, -0.2) is 22.6 Å². The summed E-state index contributed by atoms with van der Waals surface area (Å²) in [5.41, 5.74) is 5.54.